The topological polar surface area (TPSA) is 39.7 Å². The van der Waals surface area contributed by atoms with E-state index in [1.54, 1.807) is 20.3 Å². The standard InChI is InChI=1S/C20H26ClNO3/c1-6-17(23-4)14-7-8-15(12-22-3)19(11-14)25-18-10-9-16(21)20(24-5)13(18)2/h7-11,17,22H,6,12H2,1-5H3. The van der Waals surface area contributed by atoms with Crippen LogP contribution in [0.25, 0.3) is 0 Å². The van der Waals surface area contributed by atoms with Crippen LogP contribution in [-0.2, 0) is 11.3 Å². The van der Waals surface area contributed by atoms with Crippen LogP contribution in [0.4, 0.5) is 0 Å². The Labute approximate surface area is 155 Å². The van der Waals surface area contributed by atoms with Gasteiger partial charge in [0.25, 0.3) is 0 Å². The van der Waals surface area contributed by atoms with Crippen molar-refractivity contribution in [1.82, 2.24) is 5.32 Å². The van der Waals surface area contributed by atoms with Crippen LogP contribution in [-0.4, -0.2) is 21.3 Å². The first-order chi connectivity index (χ1) is 12.0. The van der Waals surface area contributed by atoms with Gasteiger partial charge in [-0.15, -0.1) is 0 Å². The minimum atomic E-state index is 0.0480. The Morgan fingerprint density at radius 1 is 1.12 bits per heavy atom. The van der Waals surface area contributed by atoms with E-state index in [0.29, 0.717) is 17.3 Å². The molecule has 0 aromatic heterocycles. The van der Waals surface area contributed by atoms with Crippen LogP contribution in [0.15, 0.2) is 30.3 Å². The van der Waals surface area contributed by atoms with Crippen LogP contribution < -0.4 is 14.8 Å². The largest absolute Gasteiger partial charge is 0.495 e. The summed E-state index contributed by atoms with van der Waals surface area (Å²) < 4.78 is 17.2. The molecule has 0 heterocycles. The van der Waals surface area contributed by atoms with Crippen LogP contribution in [0.5, 0.6) is 17.2 Å². The van der Waals surface area contributed by atoms with Crippen LogP contribution in [0.1, 0.15) is 36.1 Å². The fourth-order valence-corrected chi connectivity index (χ4v) is 3.14. The summed E-state index contributed by atoms with van der Waals surface area (Å²) in [5.41, 5.74) is 3.04. The van der Waals surface area contributed by atoms with Crippen molar-refractivity contribution in [2.24, 2.45) is 0 Å². The van der Waals surface area contributed by atoms with Gasteiger partial charge in [-0.05, 0) is 44.2 Å². The van der Waals surface area contributed by atoms with E-state index in [1.165, 1.54) is 0 Å². The van der Waals surface area contributed by atoms with Crippen molar-refractivity contribution in [3.8, 4) is 17.2 Å². The van der Waals surface area contributed by atoms with Gasteiger partial charge in [-0.25, -0.2) is 0 Å². The lowest BCUT2D eigenvalue weighted by atomic mass is 10.0. The molecule has 136 valence electrons. The Kier molecular flexibility index (Phi) is 7.12. The molecule has 2 rings (SSSR count). The van der Waals surface area contributed by atoms with Gasteiger partial charge in [-0.3, -0.25) is 0 Å². The number of ether oxygens (including phenoxy) is 3. The monoisotopic (exact) mass is 363 g/mol. The van der Waals surface area contributed by atoms with Gasteiger partial charge in [0.05, 0.1) is 18.2 Å². The van der Waals surface area contributed by atoms with Crippen LogP contribution in [0, 0.1) is 6.92 Å². The zero-order chi connectivity index (χ0) is 18.4. The summed E-state index contributed by atoms with van der Waals surface area (Å²) in [6.45, 7) is 4.75. The van der Waals surface area contributed by atoms with Gasteiger partial charge in [-0.2, -0.15) is 0 Å². The summed E-state index contributed by atoms with van der Waals surface area (Å²) in [5, 5.41) is 3.75. The molecule has 0 saturated heterocycles. The minimum Gasteiger partial charge on any atom is -0.495 e. The Hall–Kier alpha value is -1.75. The van der Waals surface area contributed by atoms with Crippen LogP contribution in [0.2, 0.25) is 5.02 Å². The van der Waals surface area contributed by atoms with Gasteiger partial charge < -0.3 is 19.5 Å². The summed E-state index contributed by atoms with van der Waals surface area (Å²) in [6.07, 6.45) is 0.946. The lowest BCUT2D eigenvalue weighted by Gasteiger charge is -2.19. The number of methoxy groups -OCH3 is 2. The maximum absolute atomic E-state index is 6.24. The highest BCUT2D eigenvalue weighted by atomic mass is 35.5. The molecule has 0 aliphatic carbocycles. The third-order valence-electron chi connectivity index (χ3n) is 4.22. The number of benzene rings is 2. The first-order valence-electron chi connectivity index (χ1n) is 8.36. The van der Waals surface area contributed by atoms with Gasteiger partial charge in [0.2, 0.25) is 0 Å². The van der Waals surface area contributed by atoms with E-state index in [1.807, 2.05) is 26.1 Å². The van der Waals surface area contributed by atoms with Crippen molar-refractivity contribution < 1.29 is 14.2 Å². The highest BCUT2D eigenvalue weighted by Crippen LogP contribution is 2.38. The first kappa shape index (κ1) is 19.6. The second kappa shape index (κ2) is 9.09. The lowest BCUT2D eigenvalue weighted by molar-refractivity contribution is 0.0998. The van der Waals surface area contributed by atoms with Gasteiger partial charge >= 0.3 is 0 Å². The van der Waals surface area contributed by atoms with Gasteiger partial charge in [-0.1, -0.05) is 30.7 Å². The number of rotatable bonds is 8. The van der Waals surface area contributed by atoms with Gasteiger partial charge in [0.1, 0.15) is 17.2 Å². The molecule has 0 aliphatic heterocycles. The molecular formula is C20H26ClNO3. The third kappa shape index (κ3) is 4.46. The molecule has 1 atom stereocenters. The summed E-state index contributed by atoms with van der Waals surface area (Å²) in [6, 6.07) is 9.86. The molecule has 5 heteroatoms. The fourth-order valence-electron chi connectivity index (χ4n) is 2.86. The Balaban J connectivity index is 2.44. The first-order valence-corrected chi connectivity index (χ1v) is 8.74. The van der Waals surface area contributed by atoms with E-state index in [4.69, 9.17) is 25.8 Å². The Morgan fingerprint density at radius 2 is 1.88 bits per heavy atom. The Morgan fingerprint density at radius 3 is 2.48 bits per heavy atom. The van der Waals surface area contributed by atoms with Crippen molar-refractivity contribution in [3.05, 3.63) is 52.0 Å². The van der Waals surface area contributed by atoms with Crippen LogP contribution >= 0.6 is 11.6 Å². The van der Waals surface area contributed by atoms with Crippen molar-refractivity contribution in [2.45, 2.75) is 32.9 Å². The van der Waals surface area contributed by atoms with Crippen molar-refractivity contribution in [3.63, 3.8) is 0 Å². The molecule has 2 aromatic carbocycles. The lowest BCUT2D eigenvalue weighted by Crippen LogP contribution is -2.08. The molecule has 0 fully saturated rings. The molecule has 4 nitrogen and oxygen atoms in total. The van der Waals surface area contributed by atoms with Crippen molar-refractivity contribution in [1.29, 1.82) is 0 Å². The molecule has 0 bridgehead atoms. The fraction of sp³-hybridized carbons (Fsp3) is 0.400. The molecule has 1 unspecified atom stereocenters. The molecule has 0 aliphatic rings. The normalized spacial score (nSPS) is 12.1. The minimum absolute atomic E-state index is 0.0480. The zero-order valence-electron chi connectivity index (χ0n) is 15.5. The highest BCUT2D eigenvalue weighted by Gasteiger charge is 2.15. The molecule has 0 spiro atoms. The number of hydrogen-bond donors (Lipinski definition) is 1. The zero-order valence-corrected chi connectivity index (χ0v) is 16.2. The molecular weight excluding hydrogens is 338 g/mol. The summed E-state index contributed by atoms with van der Waals surface area (Å²) in [4.78, 5) is 0. The maximum atomic E-state index is 6.24. The van der Waals surface area contributed by atoms with E-state index >= 15 is 0 Å². The van der Waals surface area contributed by atoms with E-state index in [0.717, 1.165) is 34.6 Å². The number of halogens is 1. The predicted octanol–water partition coefficient (Wildman–Crippen LogP) is 5.27. The molecule has 25 heavy (non-hydrogen) atoms. The summed E-state index contributed by atoms with van der Waals surface area (Å²) in [5.74, 6) is 2.16. The summed E-state index contributed by atoms with van der Waals surface area (Å²) in [7, 11) is 5.25. The molecule has 0 amide bonds. The van der Waals surface area contributed by atoms with Gasteiger partial charge in [0, 0.05) is 24.8 Å². The van der Waals surface area contributed by atoms with Crippen molar-refractivity contribution >= 4 is 11.6 Å². The van der Waals surface area contributed by atoms with E-state index < -0.39 is 0 Å². The molecule has 1 N–H and O–H groups in total. The van der Waals surface area contributed by atoms with Crippen LogP contribution in [0.3, 0.4) is 0 Å². The second-order valence-corrected chi connectivity index (χ2v) is 6.24. The maximum Gasteiger partial charge on any atom is 0.144 e. The number of nitrogens with one attached hydrogen (secondary N) is 1. The van der Waals surface area contributed by atoms with Gasteiger partial charge in [0.15, 0.2) is 0 Å². The second-order valence-electron chi connectivity index (χ2n) is 5.84. The molecule has 2 aromatic rings. The van der Waals surface area contributed by atoms with E-state index in [9.17, 15) is 0 Å². The molecule has 0 radical (unpaired) electrons. The average Bonchev–Trinajstić information content (AvgIpc) is 2.61. The third-order valence-corrected chi connectivity index (χ3v) is 4.52. The SMILES string of the molecule is CCC(OC)c1ccc(CNC)c(Oc2ccc(Cl)c(OC)c2C)c1. The quantitative estimate of drug-likeness (QED) is 0.693. The Bertz CT molecular complexity index is 714. The van der Waals surface area contributed by atoms with E-state index in [-0.39, 0.29) is 6.10 Å². The van der Waals surface area contributed by atoms with Crippen molar-refractivity contribution in [2.75, 3.05) is 21.3 Å². The van der Waals surface area contributed by atoms with E-state index in [2.05, 4.69) is 24.4 Å². The smallest absolute Gasteiger partial charge is 0.144 e. The molecule has 0 saturated carbocycles. The number of hydrogen-bond acceptors (Lipinski definition) is 4. The average molecular weight is 364 g/mol. The summed E-state index contributed by atoms with van der Waals surface area (Å²) >= 11 is 6.18. The highest BCUT2D eigenvalue weighted by molar-refractivity contribution is 6.32. The predicted molar refractivity (Wildman–Crippen MR) is 102 cm³/mol.